The first-order valence-corrected chi connectivity index (χ1v) is 8.21. The number of carbonyl (C=O) groups is 1. The predicted octanol–water partition coefficient (Wildman–Crippen LogP) is 5.29. The van der Waals surface area contributed by atoms with Crippen molar-refractivity contribution in [3.63, 3.8) is 0 Å². The van der Waals surface area contributed by atoms with E-state index >= 15 is 0 Å². The number of fused-ring (bicyclic) bond motifs is 1. The van der Waals surface area contributed by atoms with E-state index in [0.717, 1.165) is 11.6 Å². The van der Waals surface area contributed by atoms with Crippen molar-refractivity contribution in [2.75, 3.05) is 10.7 Å². The van der Waals surface area contributed by atoms with Gasteiger partial charge in [0.15, 0.2) is 0 Å². The van der Waals surface area contributed by atoms with E-state index in [1.807, 2.05) is 0 Å². The maximum Gasteiger partial charge on any atom is 0.398 e. The average molecular weight is 376 g/mol. The number of rotatable bonds is 3. The number of anilines is 1. The topological polar surface area (TPSA) is 20.3 Å². The summed E-state index contributed by atoms with van der Waals surface area (Å²) in [4.78, 5) is 13.7. The van der Waals surface area contributed by atoms with Crippen LogP contribution < -0.4 is 4.90 Å². The molecule has 0 radical (unpaired) electrons. The minimum Gasteiger partial charge on any atom is -0.301 e. The Bertz CT molecular complexity index is 809. The number of hydrogen-bond acceptors (Lipinski definition) is 2. The molecule has 24 heavy (non-hydrogen) atoms. The van der Waals surface area contributed by atoms with E-state index in [0.29, 0.717) is 17.3 Å². The predicted molar refractivity (Wildman–Crippen MR) is 85.1 cm³/mol. The average Bonchev–Trinajstić information content (AvgIpc) is 2.83. The van der Waals surface area contributed by atoms with E-state index in [2.05, 4.69) is 0 Å². The Labute approximate surface area is 144 Å². The lowest BCUT2D eigenvalue weighted by Crippen LogP contribution is -2.24. The molecule has 2 aromatic carbocycles. The van der Waals surface area contributed by atoms with Gasteiger partial charge in [0, 0.05) is 10.5 Å². The number of amides is 1. The monoisotopic (exact) mass is 375 g/mol. The van der Waals surface area contributed by atoms with Crippen LogP contribution in [0.3, 0.4) is 0 Å². The van der Waals surface area contributed by atoms with Crippen LogP contribution >= 0.6 is 23.4 Å². The van der Waals surface area contributed by atoms with Crippen LogP contribution in [0.4, 0.5) is 23.2 Å². The number of halogens is 5. The van der Waals surface area contributed by atoms with Gasteiger partial charge >= 0.3 is 6.18 Å². The molecule has 8 heteroatoms. The lowest BCUT2D eigenvalue weighted by Gasteiger charge is -2.18. The quantitative estimate of drug-likeness (QED) is 0.536. The van der Waals surface area contributed by atoms with Gasteiger partial charge in [0.2, 0.25) is 0 Å². The van der Waals surface area contributed by atoms with Gasteiger partial charge in [-0.1, -0.05) is 29.8 Å². The molecule has 126 valence electrons. The zero-order chi connectivity index (χ0) is 17.5. The SMILES string of the molecule is O=C1c2ccccc2CN1c1cc(SCC(F)(F)F)c(Cl)cc1F. The molecule has 0 fully saturated rings. The van der Waals surface area contributed by atoms with E-state index in [1.54, 1.807) is 24.3 Å². The molecule has 0 unspecified atom stereocenters. The van der Waals surface area contributed by atoms with Crippen LogP contribution in [-0.2, 0) is 6.54 Å². The fourth-order valence-corrected chi connectivity index (χ4v) is 3.47. The van der Waals surface area contributed by atoms with Crippen molar-refractivity contribution in [1.82, 2.24) is 0 Å². The number of carbonyl (C=O) groups excluding carboxylic acids is 1. The summed E-state index contributed by atoms with van der Waals surface area (Å²) in [6, 6.07) is 8.97. The van der Waals surface area contributed by atoms with Gasteiger partial charge in [-0.05, 0) is 23.8 Å². The van der Waals surface area contributed by atoms with Gasteiger partial charge in [0.25, 0.3) is 5.91 Å². The molecule has 0 aromatic heterocycles. The van der Waals surface area contributed by atoms with Crippen molar-refractivity contribution in [3.05, 3.63) is 58.4 Å². The van der Waals surface area contributed by atoms with Crippen LogP contribution in [0.25, 0.3) is 0 Å². The van der Waals surface area contributed by atoms with Gasteiger partial charge in [0.1, 0.15) is 5.82 Å². The summed E-state index contributed by atoms with van der Waals surface area (Å²) in [5.41, 5.74) is 1.11. The van der Waals surface area contributed by atoms with Gasteiger partial charge in [-0.2, -0.15) is 13.2 Å². The standard InChI is InChI=1S/C16H10ClF4NOS/c17-11-5-12(18)13(6-14(11)24-8-16(19,20)21)22-7-9-3-1-2-4-10(9)15(22)23/h1-6H,7-8H2. The Balaban J connectivity index is 1.93. The second-order valence-electron chi connectivity index (χ2n) is 5.19. The summed E-state index contributed by atoms with van der Waals surface area (Å²) in [6.45, 7) is 0.164. The molecule has 1 amide bonds. The Hall–Kier alpha value is -1.73. The van der Waals surface area contributed by atoms with Gasteiger partial charge in [-0.3, -0.25) is 4.79 Å². The van der Waals surface area contributed by atoms with Gasteiger partial charge in [-0.25, -0.2) is 4.39 Å². The van der Waals surface area contributed by atoms with Crippen LogP contribution in [0.15, 0.2) is 41.3 Å². The molecule has 0 spiro atoms. The summed E-state index contributed by atoms with van der Waals surface area (Å²) >= 11 is 6.29. The highest BCUT2D eigenvalue weighted by atomic mass is 35.5. The molecule has 1 heterocycles. The summed E-state index contributed by atoms with van der Waals surface area (Å²) in [6.07, 6.45) is -4.37. The third-order valence-electron chi connectivity index (χ3n) is 3.50. The zero-order valence-electron chi connectivity index (χ0n) is 12.0. The Morgan fingerprint density at radius 1 is 1.21 bits per heavy atom. The number of benzene rings is 2. The van der Waals surface area contributed by atoms with Crippen molar-refractivity contribution >= 4 is 35.0 Å². The normalized spacial score (nSPS) is 14.2. The third kappa shape index (κ3) is 3.37. The second kappa shape index (κ2) is 6.29. The first kappa shape index (κ1) is 17.1. The first-order valence-electron chi connectivity index (χ1n) is 6.84. The lowest BCUT2D eigenvalue weighted by molar-refractivity contribution is -0.105. The fraction of sp³-hybridized carbons (Fsp3) is 0.188. The number of thioether (sulfide) groups is 1. The molecule has 0 bridgehead atoms. The summed E-state index contributed by atoms with van der Waals surface area (Å²) in [7, 11) is 0. The largest absolute Gasteiger partial charge is 0.398 e. The highest BCUT2D eigenvalue weighted by Crippen LogP contribution is 2.38. The molecular weight excluding hydrogens is 366 g/mol. The molecule has 0 aliphatic carbocycles. The molecular formula is C16H10ClF4NOS. The van der Waals surface area contributed by atoms with Gasteiger partial charge in [-0.15, -0.1) is 11.8 Å². The Morgan fingerprint density at radius 2 is 1.92 bits per heavy atom. The van der Waals surface area contributed by atoms with Crippen LogP contribution in [0.2, 0.25) is 5.02 Å². The van der Waals surface area contributed by atoms with Gasteiger partial charge in [0.05, 0.1) is 23.0 Å². The maximum atomic E-state index is 14.2. The smallest absolute Gasteiger partial charge is 0.301 e. The third-order valence-corrected chi connectivity index (χ3v) is 5.05. The van der Waals surface area contributed by atoms with Crippen molar-refractivity contribution in [3.8, 4) is 0 Å². The minimum atomic E-state index is -4.37. The maximum absolute atomic E-state index is 14.2. The van der Waals surface area contributed by atoms with Crippen molar-refractivity contribution in [2.24, 2.45) is 0 Å². The molecule has 1 aliphatic heterocycles. The molecule has 0 N–H and O–H groups in total. The Morgan fingerprint density at radius 3 is 2.58 bits per heavy atom. The second-order valence-corrected chi connectivity index (χ2v) is 6.61. The van der Waals surface area contributed by atoms with Crippen LogP contribution in [0.5, 0.6) is 0 Å². The molecule has 2 aromatic rings. The molecule has 1 aliphatic rings. The fourth-order valence-electron chi connectivity index (χ4n) is 2.44. The van der Waals surface area contributed by atoms with E-state index in [4.69, 9.17) is 11.6 Å². The highest BCUT2D eigenvalue weighted by molar-refractivity contribution is 7.99. The van der Waals surface area contributed by atoms with Gasteiger partial charge < -0.3 is 4.90 Å². The summed E-state index contributed by atoms with van der Waals surface area (Å²) < 4.78 is 51.4. The number of nitrogens with zero attached hydrogens (tertiary/aromatic N) is 1. The first-order chi connectivity index (χ1) is 11.3. The molecule has 0 saturated carbocycles. The summed E-state index contributed by atoms with van der Waals surface area (Å²) in [5, 5.41) is -0.116. The summed E-state index contributed by atoms with van der Waals surface area (Å²) in [5.74, 6) is -2.29. The Kier molecular flexibility index (Phi) is 4.48. The molecule has 0 saturated heterocycles. The minimum absolute atomic E-state index is 0.0779. The molecule has 0 atom stereocenters. The lowest BCUT2D eigenvalue weighted by atomic mass is 10.1. The number of hydrogen-bond donors (Lipinski definition) is 0. The van der Waals surface area contributed by atoms with Crippen molar-refractivity contribution in [1.29, 1.82) is 0 Å². The van der Waals surface area contributed by atoms with Crippen molar-refractivity contribution in [2.45, 2.75) is 17.6 Å². The van der Waals surface area contributed by atoms with E-state index in [1.165, 1.54) is 11.0 Å². The molecule has 3 rings (SSSR count). The van der Waals surface area contributed by atoms with E-state index < -0.39 is 23.7 Å². The number of alkyl halides is 3. The molecule has 2 nitrogen and oxygen atoms in total. The van der Waals surface area contributed by atoms with Crippen LogP contribution in [0.1, 0.15) is 15.9 Å². The van der Waals surface area contributed by atoms with E-state index in [9.17, 15) is 22.4 Å². The zero-order valence-corrected chi connectivity index (χ0v) is 13.6. The van der Waals surface area contributed by atoms with E-state index in [-0.39, 0.29) is 22.2 Å². The van der Waals surface area contributed by atoms with Crippen LogP contribution in [-0.4, -0.2) is 17.8 Å². The van der Waals surface area contributed by atoms with Crippen molar-refractivity contribution < 1.29 is 22.4 Å². The van der Waals surface area contributed by atoms with Crippen LogP contribution in [0, 0.1) is 5.82 Å². The highest BCUT2D eigenvalue weighted by Gasteiger charge is 2.31.